The molecule has 4 aromatic carbocycles. The van der Waals surface area contributed by atoms with Crippen LogP contribution in [0.25, 0.3) is 21.5 Å². The first-order valence-corrected chi connectivity index (χ1v) is 14.0. The predicted octanol–water partition coefficient (Wildman–Crippen LogP) is 9.57. The van der Waals surface area contributed by atoms with Gasteiger partial charge in [-0.2, -0.15) is 0 Å². The van der Waals surface area contributed by atoms with Crippen molar-refractivity contribution in [3.63, 3.8) is 0 Å². The number of aromatic hydroxyl groups is 1. The lowest BCUT2D eigenvalue weighted by Crippen LogP contribution is -2.29. The van der Waals surface area contributed by atoms with Gasteiger partial charge in [0.15, 0.2) is 0 Å². The molecule has 9 nitrogen and oxygen atoms in total. The summed E-state index contributed by atoms with van der Waals surface area (Å²) in [7, 11) is 0. The van der Waals surface area contributed by atoms with E-state index in [9.17, 15) is 14.4 Å². The van der Waals surface area contributed by atoms with Gasteiger partial charge < -0.3 is 28.8 Å². The zero-order valence-corrected chi connectivity index (χ0v) is 26.8. The van der Waals surface area contributed by atoms with E-state index in [0.29, 0.717) is 11.5 Å². The number of fused-ring (bicyclic) bond motifs is 2. The Labute approximate surface area is 258 Å². The van der Waals surface area contributed by atoms with Crippen LogP contribution in [0.3, 0.4) is 0 Å². The van der Waals surface area contributed by atoms with Crippen LogP contribution >= 0.6 is 0 Å². The summed E-state index contributed by atoms with van der Waals surface area (Å²) in [4.78, 5) is 33.5. The molecule has 0 spiro atoms. The Morgan fingerprint density at radius 1 is 0.500 bits per heavy atom. The number of benzene rings is 4. The summed E-state index contributed by atoms with van der Waals surface area (Å²) in [5, 5.41) is 13.5. The van der Waals surface area contributed by atoms with Gasteiger partial charge >= 0.3 is 18.5 Å². The topological polar surface area (TPSA) is 118 Å². The summed E-state index contributed by atoms with van der Waals surface area (Å²) < 4.78 is 24.0. The molecule has 0 radical (unpaired) electrons. The normalized spacial score (nSPS) is 11.2. The summed E-state index contributed by atoms with van der Waals surface area (Å²) >= 11 is 0. The molecule has 0 unspecified atom stereocenters. The molecule has 44 heavy (non-hydrogen) atoms. The van der Waals surface area contributed by atoms with Crippen LogP contribution in [0.1, 0.15) is 62.3 Å². The van der Waals surface area contributed by atoms with Crippen LogP contribution in [0.4, 0.5) is 14.4 Å². The molecule has 0 aromatic heterocycles. The van der Waals surface area contributed by atoms with E-state index in [1.807, 2.05) is 66.7 Å². The van der Waals surface area contributed by atoms with Gasteiger partial charge in [0, 0.05) is 0 Å². The van der Waals surface area contributed by atoms with Gasteiger partial charge in [-0.05, 0) is 108 Å². The fourth-order valence-electron chi connectivity index (χ4n) is 3.38. The van der Waals surface area contributed by atoms with E-state index in [-0.39, 0.29) is 0 Å². The summed E-state index contributed by atoms with van der Waals surface area (Å²) in [6.45, 7) is 15.4. The van der Waals surface area contributed by atoms with E-state index in [1.165, 1.54) is 0 Å². The molecule has 0 amide bonds. The number of rotatable bonds is 1. The first-order chi connectivity index (χ1) is 20.3. The van der Waals surface area contributed by atoms with Crippen molar-refractivity contribution in [2.45, 2.75) is 79.1 Å². The summed E-state index contributed by atoms with van der Waals surface area (Å²) in [5.41, 5.74) is -1.94. The molecule has 0 bridgehead atoms. The number of hydrogen-bond acceptors (Lipinski definition) is 9. The highest BCUT2D eigenvalue weighted by molar-refractivity contribution is 5.84. The van der Waals surface area contributed by atoms with Crippen LogP contribution < -0.4 is 4.74 Å². The van der Waals surface area contributed by atoms with Crippen molar-refractivity contribution in [2.75, 3.05) is 0 Å². The smallest absolute Gasteiger partial charge is 0.508 e. The van der Waals surface area contributed by atoms with Crippen molar-refractivity contribution in [3.8, 4) is 11.5 Å². The maximum absolute atomic E-state index is 11.5. The third-order valence-corrected chi connectivity index (χ3v) is 4.99. The zero-order valence-electron chi connectivity index (χ0n) is 26.8. The molecule has 9 heteroatoms. The minimum absolute atomic E-state index is 0.323. The molecule has 0 atom stereocenters. The Hall–Kier alpha value is -4.79. The number of carbonyl (C=O) groups excluding carboxylic acids is 3. The first kappa shape index (κ1) is 35.4. The zero-order chi connectivity index (χ0) is 33.1. The molecule has 4 aromatic rings. The van der Waals surface area contributed by atoms with Gasteiger partial charge in [0.2, 0.25) is 0 Å². The average molecular weight is 607 g/mol. The van der Waals surface area contributed by atoms with Crippen LogP contribution in [0.15, 0.2) is 84.9 Å². The molecule has 0 saturated heterocycles. The van der Waals surface area contributed by atoms with Crippen molar-refractivity contribution < 1.29 is 43.2 Å². The second kappa shape index (κ2) is 15.1. The molecule has 236 valence electrons. The van der Waals surface area contributed by atoms with Gasteiger partial charge in [0.1, 0.15) is 28.3 Å². The Balaban J connectivity index is 0.000000237. The Bertz CT molecular complexity index is 1530. The van der Waals surface area contributed by atoms with E-state index in [4.69, 9.17) is 24.1 Å². The van der Waals surface area contributed by atoms with Gasteiger partial charge in [-0.1, -0.05) is 60.7 Å². The first-order valence-electron chi connectivity index (χ1n) is 14.0. The van der Waals surface area contributed by atoms with Crippen molar-refractivity contribution in [2.24, 2.45) is 0 Å². The number of ether oxygens (including phenoxy) is 5. The van der Waals surface area contributed by atoms with E-state index < -0.39 is 35.3 Å². The predicted molar refractivity (Wildman–Crippen MR) is 170 cm³/mol. The van der Waals surface area contributed by atoms with Crippen LogP contribution in [0.5, 0.6) is 11.5 Å². The molecule has 0 fully saturated rings. The number of phenols is 1. The third-order valence-electron chi connectivity index (χ3n) is 4.99. The Morgan fingerprint density at radius 3 is 1.34 bits per heavy atom. The van der Waals surface area contributed by atoms with Crippen LogP contribution in [-0.4, -0.2) is 40.4 Å². The number of carbonyl (C=O) groups is 3. The van der Waals surface area contributed by atoms with Gasteiger partial charge in [-0.15, -0.1) is 0 Å². The van der Waals surface area contributed by atoms with E-state index >= 15 is 0 Å². The highest BCUT2D eigenvalue weighted by Gasteiger charge is 2.24. The highest BCUT2D eigenvalue weighted by atomic mass is 16.8. The van der Waals surface area contributed by atoms with Crippen molar-refractivity contribution >= 4 is 40.0 Å². The lowest BCUT2D eigenvalue weighted by Gasteiger charge is -2.20. The number of phenolic OH excluding ortho intramolecular Hbond substituents is 1. The molecule has 0 heterocycles. The van der Waals surface area contributed by atoms with Crippen molar-refractivity contribution in [1.82, 2.24) is 0 Å². The van der Waals surface area contributed by atoms with Gasteiger partial charge in [0.05, 0.1) is 0 Å². The Morgan fingerprint density at radius 2 is 0.886 bits per heavy atom. The van der Waals surface area contributed by atoms with Crippen LogP contribution in [-0.2, 0) is 18.9 Å². The molecular weight excluding hydrogens is 564 g/mol. The van der Waals surface area contributed by atoms with Crippen LogP contribution in [0.2, 0.25) is 0 Å². The van der Waals surface area contributed by atoms with E-state index in [1.54, 1.807) is 80.5 Å². The molecule has 0 aliphatic rings. The van der Waals surface area contributed by atoms with Crippen LogP contribution in [0, 0.1) is 0 Å². The standard InChI is InChI=1S/C15H16O3.C10H18O5.C10H8O/c1-15(2,3)18-14(16)17-13-9-8-11-6-4-5-7-12(11)10-13;1-9(2,3)14-7(11)13-8(12)15-10(4,5)6;11-10-6-5-8-3-1-2-4-9(8)7-10/h4-10H,1-3H3;1-6H3;1-7,11H. The van der Waals surface area contributed by atoms with Gasteiger partial charge in [-0.25, -0.2) is 14.4 Å². The SMILES string of the molecule is CC(C)(C)OC(=O)OC(=O)OC(C)(C)C.CC(C)(C)OC(=O)Oc1ccc2ccccc2c1.Oc1ccc2ccccc2c1. The second-order valence-electron chi connectivity index (χ2n) is 12.6. The lowest BCUT2D eigenvalue weighted by atomic mass is 10.1. The average Bonchev–Trinajstić information content (AvgIpc) is 2.86. The molecular formula is C35H42O9. The maximum atomic E-state index is 11.5. The fourth-order valence-corrected chi connectivity index (χ4v) is 3.38. The minimum atomic E-state index is -1.06. The fraction of sp³-hybridized carbons (Fsp3) is 0.343. The molecule has 1 N–H and O–H groups in total. The Kier molecular flexibility index (Phi) is 12.1. The molecule has 0 aliphatic heterocycles. The monoisotopic (exact) mass is 606 g/mol. The molecule has 0 saturated carbocycles. The molecule has 0 aliphatic carbocycles. The van der Waals surface area contributed by atoms with Crippen molar-refractivity contribution in [1.29, 1.82) is 0 Å². The molecule has 4 rings (SSSR count). The largest absolute Gasteiger partial charge is 0.519 e. The highest BCUT2D eigenvalue weighted by Crippen LogP contribution is 2.22. The minimum Gasteiger partial charge on any atom is -0.508 e. The summed E-state index contributed by atoms with van der Waals surface area (Å²) in [6, 6.07) is 26.7. The maximum Gasteiger partial charge on any atom is 0.519 e. The van der Waals surface area contributed by atoms with E-state index in [0.717, 1.165) is 21.5 Å². The van der Waals surface area contributed by atoms with E-state index in [2.05, 4.69) is 4.74 Å². The lowest BCUT2D eigenvalue weighted by molar-refractivity contribution is -0.0294. The summed E-state index contributed by atoms with van der Waals surface area (Å²) in [6.07, 6.45) is -2.80. The number of hydrogen-bond donors (Lipinski definition) is 1. The summed E-state index contributed by atoms with van der Waals surface area (Å²) in [5.74, 6) is 0.812. The quantitative estimate of drug-likeness (QED) is 0.0978. The third kappa shape index (κ3) is 14.4. The van der Waals surface area contributed by atoms with Gasteiger partial charge in [-0.3, -0.25) is 0 Å². The second-order valence-corrected chi connectivity index (χ2v) is 12.6. The van der Waals surface area contributed by atoms with Gasteiger partial charge in [0.25, 0.3) is 0 Å². The van der Waals surface area contributed by atoms with Crippen molar-refractivity contribution in [3.05, 3.63) is 84.9 Å².